The first-order chi connectivity index (χ1) is 11.4. The third-order valence-corrected chi connectivity index (χ3v) is 6.02. The van der Waals surface area contributed by atoms with Gasteiger partial charge in [-0.2, -0.15) is 0 Å². The molecule has 3 nitrogen and oxygen atoms in total. The topological polar surface area (TPSA) is 15.7 Å². The van der Waals surface area contributed by atoms with Crippen molar-refractivity contribution in [3.63, 3.8) is 0 Å². The van der Waals surface area contributed by atoms with Crippen molar-refractivity contribution in [1.29, 1.82) is 0 Å². The van der Waals surface area contributed by atoms with Crippen LogP contribution < -0.4 is 4.74 Å². The molecule has 1 aromatic carbocycles. The molecular formula is C21H34N2O. The van der Waals surface area contributed by atoms with E-state index in [4.69, 9.17) is 4.74 Å². The highest BCUT2D eigenvalue weighted by Crippen LogP contribution is 2.46. The zero-order chi connectivity index (χ0) is 17.3. The lowest BCUT2D eigenvalue weighted by molar-refractivity contribution is 0.211. The Balaban J connectivity index is 1.54. The average Bonchev–Trinajstić information content (AvgIpc) is 3.05. The molecule has 0 heterocycles. The van der Waals surface area contributed by atoms with Crippen LogP contribution in [0.1, 0.15) is 45.1 Å². The Labute approximate surface area is 148 Å². The Hall–Kier alpha value is -1.06. The number of ether oxygens (including phenoxy) is 1. The lowest BCUT2D eigenvalue weighted by Crippen LogP contribution is -2.31. The second-order valence-electron chi connectivity index (χ2n) is 8.46. The first-order valence-electron chi connectivity index (χ1n) is 9.54. The molecule has 0 amide bonds. The van der Waals surface area contributed by atoms with Gasteiger partial charge in [-0.3, -0.25) is 4.90 Å². The quantitative estimate of drug-likeness (QED) is 0.783. The summed E-state index contributed by atoms with van der Waals surface area (Å²) in [7, 11) is 6.77. The molecule has 0 radical (unpaired) electrons. The van der Waals surface area contributed by atoms with Crippen LogP contribution in [0.3, 0.4) is 0 Å². The van der Waals surface area contributed by atoms with E-state index in [0.717, 1.165) is 36.2 Å². The Morgan fingerprint density at radius 3 is 2.21 bits per heavy atom. The van der Waals surface area contributed by atoms with E-state index in [1.807, 2.05) is 0 Å². The fourth-order valence-electron chi connectivity index (χ4n) is 4.74. The highest BCUT2D eigenvalue weighted by atomic mass is 16.5. The molecule has 0 aromatic heterocycles. The minimum atomic E-state index is 0.233. The minimum Gasteiger partial charge on any atom is -0.491 e. The van der Waals surface area contributed by atoms with Crippen molar-refractivity contribution in [3.8, 4) is 5.75 Å². The van der Waals surface area contributed by atoms with Crippen molar-refractivity contribution >= 4 is 0 Å². The lowest BCUT2D eigenvalue weighted by Gasteiger charge is -2.27. The molecule has 2 saturated carbocycles. The third-order valence-electron chi connectivity index (χ3n) is 6.02. The van der Waals surface area contributed by atoms with Gasteiger partial charge in [0.05, 0.1) is 6.10 Å². The van der Waals surface area contributed by atoms with Gasteiger partial charge in [-0.15, -0.1) is 0 Å². The molecule has 2 aliphatic rings. The lowest BCUT2D eigenvalue weighted by atomic mass is 10.0. The van der Waals surface area contributed by atoms with E-state index >= 15 is 0 Å². The molecule has 1 aromatic rings. The van der Waals surface area contributed by atoms with Gasteiger partial charge in [0.15, 0.2) is 0 Å². The summed E-state index contributed by atoms with van der Waals surface area (Å²) in [5.74, 6) is 2.88. The Morgan fingerprint density at radius 1 is 1.00 bits per heavy atom. The normalized spacial score (nSPS) is 29.7. The Bertz CT molecular complexity index is 528. The molecule has 2 fully saturated rings. The molecule has 3 rings (SSSR count). The summed E-state index contributed by atoms with van der Waals surface area (Å²) in [6.07, 6.45) is 5.80. The van der Waals surface area contributed by atoms with Gasteiger partial charge in [-0.25, -0.2) is 0 Å². The summed E-state index contributed by atoms with van der Waals surface area (Å²) in [5.41, 5.74) is 1.36. The molecule has 0 aliphatic heterocycles. The standard InChI is InChI=1S/C21H34N2O/c1-15(2)24-21-8-6-7-16(9-21)14-23(5)20-12-17-10-19(22(3)4)11-18(17)13-20/h6-9,15,17-20H,10-14H2,1-5H3/t17-,18+,19?,20?. The van der Waals surface area contributed by atoms with E-state index in [9.17, 15) is 0 Å². The Morgan fingerprint density at radius 2 is 1.62 bits per heavy atom. The fraction of sp³-hybridized carbons (Fsp3) is 0.714. The molecule has 3 heteroatoms. The molecule has 0 bridgehead atoms. The van der Waals surface area contributed by atoms with Crippen LogP contribution in [0.2, 0.25) is 0 Å². The number of hydrogen-bond donors (Lipinski definition) is 0. The fourth-order valence-corrected chi connectivity index (χ4v) is 4.74. The molecule has 0 spiro atoms. The monoisotopic (exact) mass is 330 g/mol. The van der Waals surface area contributed by atoms with E-state index in [1.54, 1.807) is 0 Å². The van der Waals surface area contributed by atoms with E-state index in [1.165, 1.54) is 31.2 Å². The summed E-state index contributed by atoms with van der Waals surface area (Å²) in [6.45, 7) is 5.19. The number of rotatable bonds is 6. The summed E-state index contributed by atoms with van der Waals surface area (Å²) in [4.78, 5) is 4.99. The summed E-state index contributed by atoms with van der Waals surface area (Å²) < 4.78 is 5.83. The maximum Gasteiger partial charge on any atom is 0.120 e. The molecular weight excluding hydrogens is 296 g/mol. The van der Waals surface area contributed by atoms with Crippen LogP contribution in [-0.2, 0) is 6.54 Å². The second kappa shape index (κ2) is 7.45. The van der Waals surface area contributed by atoms with Crippen LogP contribution in [0.15, 0.2) is 24.3 Å². The van der Waals surface area contributed by atoms with Gasteiger partial charge < -0.3 is 9.64 Å². The zero-order valence-electron chi connectivity index (χ0n) is 16.0. The zero-order valence-corrected chi connectivity index (χ0v) is 16.0. The van der Waals surface area contributed by atoms with Crippen LogP contribution in [0, 0.1) is 11.8 Å². The van der Waals surface area contributed by atoms with Crippen LogP contribution in [0.25, 0.3) is 0 Å². The first-order valence-corrected chi connectivity index (χ1v) is 9.54. The Kier molecular flexibility index (Phi) is 5.51. The molecule has 24 heavy (non-hydrogen) atoms. The minimum absolute atomic E-state index is 0.233. The van der Waals surface area contributed by atoms with E-state index in [-0.39, 0.29) is 6.10 Å². The number of fused-ring (bicyclic) bond motifs is 1. The molecule has 0 N–H and O–H groups in total. The SMILES string of the molecule is CC(C)Oc1cccc(CN(C)C2C[C@H]3CC(N(C)C)C[C@H]3C2)c1. The van der Waals surface area contributed by atoms with Gasteiger partial charge >= 0.3 is 0 Å². The molecule has 0 saturated heterocycles. The largest absolute Gasteiger partial charge is 0.491 e. The van der Waals surface area contributed by atoms with E-state index in [0.29, 0.717) is 0 Å². The molecule has 134 valence electrons. The highest BCUT2D eigenvalue weighted by molar-refractivity contribution is 5.28. The molecule has 2 aliphatic carbocycles. The van der Waals surface area contributed by atoms with Gasteiger partial charge in [-0.05, 0) is 90.2 Å². The van der Waals surface area contributed by atoms with Crippen molar-refractivity contribution < 1.29 is 4.74 Å². The summed E-state index contributed by atoms with van der Waals surface area (Å²) in [5, 5.41) is 0. The first kappa shape index (κ1) is 17.8. The average molecular weight is 331 g/mol. The van der Waals surface area contributed by atoms with Crippen LogP contribution in [0.5, 0.6) is 5.75 Å². The second-order valence-corrected chi connectivity index (χ2v) is 8.46. The van der Waals surface area contributed by atoms with E-state index in [2.05, 4.69) is 69.1 Å². The van der Waals surface area contributed by atoms with Crippen molar-refractivity contribution in [2.24, 2.45) is 11.8 Å². The predicted molar refractivity (Wildman–Crippen MR) is 100 cm³/mol. The smallest absolute Gasteiger partial charge is 0.120 e. The number of benzene rings is 1. The summed E-state index contributed by atoms with van der Waals surface area (Å²) in [6, 6.07) is 10.2. The van der Waals surface area contributed by atoms with Crippen LogP contribution in [-0.4, -0.2) is 49.1 Å². The van der Waals surface area contributed by atoms with Gasteiger partial charge in [0.2, 0.25) is 0 Å². The predicted octanol–water partition coefficient (Wildman–Crippen LogP) is 4.02. The van der Waals surface area contributed by atoms with Gasteiger partial charge in [0, 0.05) is 18.6 Å². The van der Waals surface area contributed by atoms with Gasteiger partial charge in [-0.1, -0.05) is 12.1 Å². The molecule has 4 atom stereocenters. The van der Waals surface area contributed by atoms with E-state index < -0.39 is 0 Å². The maximum atomic E-state index is 5.83. The summed E-state index contributed by atoms with van der Waals surface area (Å²) >= 11 is 0. The maximum absolute atomic E-state index is 5.83. The van der Waals surface area contributed by atoms with Crippen molar-refractivity contribution in [2.45, 2.75) is 64.3 Å². The van der Waals surface area contributed by atoms with Crippen LogP contribution >= 0.6 is 0 Å². The van der Waals surface area contributed by atoms with Crippen molar-refractivity contribution in [1.82, 2.24) is 9.80 Å². The molecule has 2 unspecified atom stereocenters. The van der Waals surface area contributed by atoms with Crippen molar-refractivity contribution in [3.05, 3.63) is 29.8 Å². The number of nitrogens with zero attached hydrogens (tertiary/aromatic N) is 2. The van der Waals surface area contributed by atoms with Gasteiger partial charge in [0.25, 0.3) is 0 Å². The highest BCUT2D eigenvalue weighted by Gasteiger charge is 2.43. The third kappa shape index (κ3) is 4.12. The van der Waals surface area contributed by atoms with Gasteiger partial charge in [0.1, 0.15) is 5.75 Å². The van der Waals surface area contributed by atoms with Crippen LogP contribution in [0.4, 0.5) is 0 Å². The number of hydrogen-bond acceptors (Lipinski definition) is 3. The van der Waals surface area contributed by atoms with Crippen molar-refractivity contribution in [2.75, 3.05) is 21.1 Å².